The van der Waals surface area contributed by atoms with E-state index in [-0.39, 0.29) is 0 Å². The second-order valence-electron chi connectivity index (χ2n) is 1.52. The molecule has 0 saturated carbocycles. The highest BCUT2D eigenvalue weighted by atomic mass is 31.3. The lowest BCUT2D eigenvalue weighted by molar-refractivity contribution is 0.0963. The van der Waals surface area contributed by atoms with E-state index in [1.807, 2.05) is 0 Å². The highest BCUT2D eigenvalue weighted by Gasteiger charge is 2.63. The van der Waals surface area contributed by atoms with Gasteiger partial charge in [0.05, 0.1) is 0 Å². The maximum absolute atomic E-state index is 10.7. The van der Waals surface area contributed by atoms with Gasteiger partial charge in [-0.05, 0) is 0 Å². The van der Waals surface area contributed by atoms with Crippen LogP contribution in [-0.2, 0) is 26.1 Å². The molecule has 2 bridgehead atoms. The lowest BCUT2D eigenvalue weighted by Crippen LogP contribution is -2.38. The third kappa shape index (κ3) is 1.03. The first-order chi connectivity index (χ1) is 4.49. The van der Waals surface area contributed by atoms with Crippen LogP contribution in [-0.4, -0.2) is 14.4 Å². The van der Waals surface area contributed by atoms with Gasteiger partial charge in [-0.3, -0.25) is 12.6 Å². The molecule has 3 fully saturated rings. The summed E-state index contributed by atoms with van der Waals surface area (Å²) in [7, 11) is -10.00. The summed E-state index contributed by atoms with van der Waals surface area (Å²) in [5.41, 5.74) is 0. The van der Waals surface area contributed by atoms with E-state index in [1.54, 1.807) is 0 Å². The molecular formula is HO7P2Si. The van der Waals surface area contributed by atoms with Gasteiger partial charge >= 0.3 is 25.2 Å². The molecule has 0 aromatic carbocycles. The number of hydrogen-bond donors (Lipinski definition) is 1. The number of rotatable bonds is 0. The Hall–Kier alpha value is 0.477. The van der Waals surface area contributed by atoms with Crippen LogP contribution < -0.4 is 0 Å². The van der Waals surface area contributed by atoms with Crippen LogP contribution in [0.3, 0.4) is 0 Å². The van der Waals surface area contributed by atoms with Gasteiger partial charge in [0.2, 0.25) is 0 Å². The fraction of sp³-hybridized carbons (Fsp3) is 0. The lowest BCUT2D eigenvalue weighted by Gasteiger charge is -2.36. The average molecular weight is 203 g/mol. The molecule has 0 aromatic rings. The van der Waals surface area contributed by atoms with Crippen molar-refractivity contribution in [3.63, 3.8) is 0 Å². The maximum atomic E-state index is 10.7. The summed E-state index contributed by atoms with van der Waals surface area (Å²) in [6.45, 7) is 0. The summed E-state index contributed by atoms with van der Waals surface area (Å²) in [5.74, 6) is 0. The van der Waals surface area contributed by atoms with E-state index in [9.17, 15) is 9.13 Å². The zero-order chi connectivity index (χ0) is 7.41. The van der Waals surface area contributed by atoms with Crippen molar-refractivity contribution in [2.24, 2.45) is 0 Å². The van der Waals surface area contributed by atoms with Gasteiger partial charge in [-0.2, -0.15) is 4.31 Å². The molecule has 1 radical (unpaired) electrons. The Morgan fingerprint density at radius 1 is 1.20 bits per heavy atom. The predicted octanol–water partition coefficient (Wildman–Crippen LogP) is 0.273. The van der Waals surface area contributed by atoms with Gasteiger partial charge < -0.3 is 4.89 Å². The smallest absolute Gasteiger partial charge is 0.303 e. The highest BCUT2D eigenvalue weighted by Crippen LogP contribution is 2.74. The van der Waals surface area contributed by atoms with Crippen LogP contribution in [0.15, 0.2) is 0 Å². The van der Waals surface area contributed by atoms with E-state index in [0.717, 1.165) is 0 Å². The van der Waals surface area contributed by atoms with Crippen LogP contribution in [0.4, 0.5) is 0 Å². The average Bonchev–Trinajstić information content (AvgIpc) is 1.54. The van der Waals surface area contributed by atoms with Crippen molar-refractivity contribution in [3.05, 3.63) is 0 Å². The minimum Gasteiger partial charge on any atom is -0.303 e. The molecule has 1 unspecified atom stereocenters. The van der Waals surface area contributed by atoms with Crippen LogP contribution >= 0.6 is 15.6 Å². The second-order valence-corrected chi connectivity index (χ2v) is 6.70. The van der Waals surface area contributed by atoms with E-state index in [1.165, 1.54) is 0 Å². The topological polar surface area (TPSA) is 91.3 Å². The first-order valence-electron chi connectivity index (χ1n) is 2.09. The largest absolute Gasteiger partial charge is 0.604 e. The van der Waals surface area contributed by atoms with E-state index in [4.69, 9.17) is 4.89 Å². The summed E-state index contributed by atoms with van der Waals surface area (Å²) in [6, 6.07) is 0. The van der Waals surface area contributed by atoms with Gasteiger partial charge in [-0.1, -0.05) is 0 Å². The highest BCUT2D eigenvalue weighted by molar-refractivity contribution is 7.67. The van der Waals surface area contributed by atoms with Gasteiger partial charge in [0, 0.05) is 0 Å². The Balaban J connectivity index is 2.27. The van der Waals surface area contributed by atoms with Crippen molar-refractivity contribution in [2.75, 3.05) is 0 Å². The lowest BCUT2D eigenvalue weighted by atomic mass is 15.6. The molecular weight excluding hydrogens is 202 g/mol. The summed E-state index contributed by atoms with van der Waals surface area (Å²) in [6.07, 6.45) is 0. The fourth-order valence-electron chi connectivity index (χ4n) is 0.493. The normalized spacial score (nSPS) is 54.1. The van der Waals surface area contributed by atoms with Crippen molar-refractivity contribution in [3.8, 4) is 0 Å². The molecule has 1 N–H and O–H groups in total. The van der Waals surface area contributed by atoms with Crippen molar-refractivity contribution < 1.29 is 31.0 Å². The maximum Gasteiger partial charge on any atom is 0.604 e. The molecule has 3 aliphatic heterocycles. The number of fused-ring (bicyclic) bond motifs is 2. The molecule has 0 spiro atoms. The van der Waals surface area contributed by atoms with Crippen molar-refractivity contribution in [2.45, 2.75) is 0 Å². The second kappa shape index (κ2) is 1.80. The number of hydrogen-bond acceptors (Lipinski definition) is 6. The third-order valence-electron chi connectivity index (χ3n) is 0.766. The van der Waals surface area contributed by atoms with Gasteiger partial charge in [-0.25, -0.2) is 9.13 Å². The minimum atomic E-state index is -4.13. The van der Waals surface area contributed by atoms with E-state index < -0.39 is 25.2 Å². The molecule has 0 aliphatic carbocycles. The molecule has 10 heavy (non-hydrogen) atoms. The molecule has 0 amide bonds. The van der Waals surface area contributed by atoms with Crippen molar-refractivity contribution in [1.82, 2.24) is 0 Å². The van der Waals surface area contributed by atoms with E-state index in [0.29, 0.717) is 0 Å². The standard InChI is InChI=1S/HO7P2Si/c1-8(2)4-9(3)6-10(5-8)7-9/h(H,1,2). The minimum absolute atomic E-state index is 2.22. The van der Waals surface area contributed by atoms with Crippen LogP contribution in [0.2, 0.25) is 0 Å². The summed E-state index contributed by atoms with van der Waals surface area (Å²) in [5, 5.41) is 0. The Labute approximate surface area is 57.1 Å². The van der Waals surface area contributed by atoms with Crippen LogP contribution in [0, 0.1) is 0 Å². The fourth-order valence-corrected chi connectivity index (χ4v) is 5.94. The zero-order valence-electron chi connectivity index (χ0n) is 4.29. The van der Waals surface area contributed by atoms with Crippen LogP contribution in [0.1, 0.15) is 0 Å². The number of phosphoric acid groups is 2. The van der Waals surface area contributed by atoms with Crippen LogP contribution in [0.5, 0.6) is 0 Å². The van der Waals surface area contributed by atoms with Crippen molar-refractivity contribution >= 4 is 25.2 Å². The Kier molecular flexibility index (Phi) is 1.28. The quantitative estimate of drug-likeness (QED) is 0.446. The molecule has 3 rings (SSSR count). The molecule has 10 heteroatoms. The third-order valence-corrected chi connectivity index (χ3v) is 6.89. The Bertz CT molecular complexity index is 240. The molecule has 3 heterocycles. The van der Waals surface area contributed by atoms with E-state index >= 15 is 0 Å². The molecule has 0 aromatic heterocycles. The predicted molar refractivity (Wildman–Crippen MR) is 27.5 cm³/mol. The van der Waals surface area contributed by atoms with Gasteiger partial charge in [0.15, 0.2) is 0 Å². The van der Waals surface area contributed by atoms with Crippen molar-refractivity contribution in [1.29, 1.82) is 0 Å². The SMILES string of the molecule is O=P1(O)O[Si]2OP(=O)(O2)O1. The van der Waals surface area contributed by atoms with Gasteiger partial charge in [-0.15, -0.1) is 0 Å². The molecule has 57 valence electrons. The van der Waals surface area contributed by atoms with E-state index in [2.05, 4.69) is 16.9 Å². The Morgan fingerprint density at radius 3 is 2.10 bits per heavy atom. The monoisotopic (exact) mass is 203 g/mol. The Morgan fingerprint density at radius 2 is 1.80 bits per heavy atom. The molecule has 3 aliphatic rings. The van der Waals surface area contributed by atoms with Gasteiger partial charge in [0.1, 0.15) is 0 Å². The van der Waals surface area contributed by atoms with Crippen LogP contribution in [0.25, 0.3) is 0 Å². The van der Waals surface area contributed by atoms with Gasteiger partial charge in [0.25, 0.3) is 0 Å². The molecule has 3 saturated heterocycles. The first kappa shape index (κ1) is 7.14. The molecule has 7 nitrogen and oxygen atoms in total. The summed E-state index contributed by atoms with van der Waals surface area (Å²) >= 11 is 0. The molecule has 1 atom stereocenters. The first-order valence-corrected chi connectivity index (χ1v) is 6.27. The summed E-state index contributed by atoms with van der Waals surface area (Å²) < 4.78 is 38.0. The zero-order valence-corrected chi connectivity index (χ0v) is 7.08. The summed E-state index contributed by atoms with van der Waals surface area (Å²) in [4.78, 5) is 8.54.